The number of rotatable bonds is 10. The van der Waals surface area contributed by atoms with Crippen LogP contribution in [0.2, 0.25) is 10.0 Å². The molecular weight excluding hydrogens is 521 g/mol. The lowest BCUT2D eigenvalue weighted by molar-refractivity contribution is 0.260. The van der Waals surface area contributed by atoms with Crippen LogP contribution in [0, 0.1) is 6.92 Å². The average molecular weight is 551 g/mol. The molecule has 4 rings (SSSR count). The Kier molecular flexibility index (Phi) is 8.30. The molecule has 1 aromatic heterocycles. The second-order valence-electron chi connectivity index (χ2n) is 8.97. The van der Waals surface area contributed by atoms with Gasteiger partial charge in [0.15, 0.2) is 11.6 Å². The van der Waals surface area contributed by atoms with E-state index in [1.54, 1.807) is 25.1 Å². The minimum atomic E-state index is -3.94. The van der Waals surface area contributed by atoms with Gasteiger partial charge in [-0.1, -0.05) is 35.3 Å². The molecule has 0 bridgehead atoms. The third kappa shape index (κ3) is 6.24. The first-order valence-electron chi connectivity index (χ1n) is 11.6. The van der Waals surface area contributed by atoms with Crippen molar-refractivity contribution in [2.75, 3.05) is 32.0 Å². The van der Waals surface area contributed by atoms with Gasteiger partial charge in [-0.2, -0.15) is 0 Å². The van der Waals surface area contributed by atoms with E-state index < -0.39 is 10.0 Å². The van der Waals surface area contributed by atoms with Gasteiger partial charge in [0.25, 0.3) is 10.0 Å². The summed E-state index contributed by atoms with van der Waals surface area (Å²) in [5.41, 5.74) is 3.25. The molecule has 7 nitrogen and oxygen atoms in total. The summed E-state index contributed by atoms with van der Waals surface area (Å²) < 4.78 is 41.0. The van der Waals surface area contributed by atoms with E-state index in [1.165, 1.54) is 6.07 Å². The summed E-state index contributed by atoms with van der Waals surface area (Å²) in [6, 6.07) is 12.1. The number of halogens is 2. The lowest BCUT2D eigenvalue weighted by Crippen LogP contribution is -2.19. The fraction of sp³-hybridized carbons (Fsp3) is 0.346. The second-order valence-corrected chi connectivity index (χ2v) is 11.4. The normalized spacial score (nSPS) is 13.1. The lowest BCUT2D eigenvalue weighted by Gasteiger charge is -2.17. The number of fused-ring (bicyclic) bond motifs is 1. The number of benzene rings is 2. The van der Waals surface area contributed by atoms with Gasteiger partial charge in [0.05, 0.1) is 9.92 Å². The molecule has 1 aliphatic carbocycles. The van der Waals surface area contributed by atoms with Crippen molar-refractivity contribution in [2.45, 2.75) is 37.7 Å². The summed E-state index contributed by atoms with van der Waals surface area (Å²) in [5.74, 6) is 1.10. The molecule has 0 amide bonds. The van der Waals surface area contributed by atoms with Crippen LogP contribution in [-0.4, -0.2) is 45.5 Å². The Morgan fingerprint density at radius 2 is 1.83 bits per heavy atom. The third-order valence-corrected chi connectivity index (χ3v) is 8.15. The molecule has 1 aliphatic rings. The molecule has 0 fully saturated rings. The summed E-state index contributed by atoms with van der Waals surface area (Å²) >= 11 is 12.5. The zero-order valence-corrected chi connectivity index (χ0v) is 22.8. The highest BCUT2D eigenvalue weighted by molar-refractivity contribution is 7.92. The number of aromatic nitrogens is 1. The van der Waals surface area contributed by atoms with Crippen molar-refractivity contribution in [3.05, 3.63) is 74.9 Å². The van der Waals surface area contributed by atoms with Crippen LogP contribution >= 0.6 is 23.2 Å². The van der Waals surface area contributed by atoms with E-state index in [4.69, 9.17) is 32.7 Å². The smallest absolute Gasteiger partial charge is 0.263 e. The Balaban J connectivity index is 1.57. The fourth-order valence-corrected chi connectivity index (χ4v) is 5.63. The predicted octanol–water partition coefficient (Wildman–Crippen LogP) is 5.51. The van der Waals surface area contributed by atoms with Crippen molar-refractivity contribution in [3.8, 4) is 11.5 Å². The zero-order valence-electron chi connectivity index (χ0n) is 20.5. The zero-order chi connectivity index (χ0) is 25.9. The van der Waals surface area contributed by atoms with Crippen molar-refractivity contribution >= 4 is 39.0 Å². The van der Waals surface area contributed by atoms with E-state index in [0.717, 1.165) is 42.6 Å². The van der Waals surface area contributed by atoms with Crippen LogP contribution in [0.1, 0.15) is 28.8 Å². The van der Waals surface area contributed by atoms with E-state index in [2.05, 4.69) is 9.71 Å². The van der Waals surface area contributed by atoms with Gasteiger partial charge in [-0.15, -0.1) is 0 Å². The average Bonchev–Trinajstić information content (AvgIpc) is 3.27. The molecule has 0 atom stereocenters. The minimum absolute atomic E-state index is 0.0977. The van der Waals surface area contributed by atoms with Gasteiger partial charge >= 0.3 is 0 Å². The van der Waals surface area contributed by atoms with Crippen molar-refractivity contribution in [2.24, 2.45) is 0 Å². The summed E-state index contributed by atoms with van der Waals surface area (Å²) in [4.78, 5) is 6.74. The molecule has 192 valence electrons. The number of sulfonamides is 1. The van der Waals surface area contributed by atoms with Crippen molar-refractivity contribution in [1.82, 2.24) is 9.88 Å². The quantitative estimate of drug-likeness (QED) is 0.359. The summed E-state index contributed by atoms with van der Waals surface area (Å²) in [7, 11) is 0.00582. The van der Waals surface area contributed by atoms with Gasteiger partial charge in [-0.05, 0) is 87.3 Å². The number of hydrogen-bond acceptors (Lipinski definition) is 6. The van der Waals surface area contributed by atoms with Crippen LogP contribution in [0.5, 0.6) is 11.5 Å². The van der Waals surface area contributed by atoms with Gasteiger partial charge < -0.3 is 14.4 Å². The van der Waals surface area contributed by atoms with Crippen molar-refractivity contribution < 1.29 is 17.9 Å². The third-order valence-electron chi connectivity index (χ3n) is 5.94. The topological polar surface area (TPSA) is 80.8 Å². The highest BCUT2D eigenvalue weighted by Gasteiger charge is 2.24. The molecule has 0 radical (unpaired) electrons. The summed E-state index contributed by atoms with van der Waals surface area (Å²) in [6.07, 6.45) is 2.64. The van der Waals surface area contributed by atoms with E-state index in [-0.39, 0.29) is 17.3 Å². The molecule has 10 heteroatoms. The summed E-state index contributed by atoms with van der Waals surface area (Å²) in [5, 5.41) is 0.893. The monoisotopic (exact) mass is 549 g/mol. The van der Waals surface area contributed by atoms with E-state index in [9.17, 15) is 8.42 Å². The minimum Gasteiger partial charge on any atom is -0.491 e. The van der Waals surface area contributed by atoms with Crippen molar-refractivity contribution in [3.63, 3.8) is 0 Å². The van der Waals surface area contributed by atoms with Gasteiger partial charge in [0.2, 0.25) is 0 Å². The van der Waals surface area contributed by atoms with Crippen LogP contribution < -0.4 is 14.2 Å². The van der Waals surface area contributed by atoms with Gasteiger partial charge in [0.1, 0.15) is 19.0 Å². The van der Waals surface area contributed by atoms with Gasteiger partial charge in [-0.3, -0.25) is 4.72 Å². The van der Waals surface area contributed by atoms with E-state index in [0.29, 0.717) is 33.7 Å². The standard InChI is InChI=1S/C26H29Cl2N3O4S/c1-17-20(27)7-5-9-25(17)36(32,33)30-26-24(15-19-6-4-8-22(19)29-26)35-16-18-10-11-21(28)23(14-18)34-13-12-31(2)3/h5,7,9-11,14-15H,4,6,8,12-13,16H2,1-3H3,(H,29,30). The predicted molar refractivity (Wildman–Crippen MR) is 143 cm³/mol. The maximum Gasteiger partial charge on any atom is 0.263 e. The number of aryl methyl sites for hydroxylation is 2. The lowest BCUT2D eigenvalue weighted by atomic mass is 10.2. The highest BCUT2D eigenvalue weighted by atomic mass is 35.5. The first-order chi connectivity index (χ1) is 17.1. The number of pyridine rings is 1. The number of anilines is 1. The van der Waals surface area contributed by atoms with Crippen LogP contribution in [0.15, 0.2) is 47.4 Å². The number of likely N-dealkylation sites (N-methyl/N-ethyl adjacent to an activating group) is 1. The maximum atomic E-state index is 13.2. The van der Waals surface area contributed by atoms with Crippen LogP contribution in [0.4, 0.5) is 5.82 Å². The first-order valence-corrected chi connectivity index (χ1v) is 13.9. The van der Waals surface area contributed by atoms with Gasteiger partial charge in [0, 0.05) is 17.3 Å². The largest absolute Gasteiger partial charge is 0.491 e. The van der Waals surface area contributed by atoms with E-state index >= 15 is 0 Å². The summed E-state index contributed by atoms with van der Waals surface area (Å²) in [6.45, 7) is 3.11. The molecule has 0 saturated carbocycles. The van der Waals surface area contributed by atoms with Crippen LogP contribution in [0.25, 0.3) is 0 Å². The molecule has 1 heterocycles. The number of hydrogen-bond donors (Lipinski definition) is 1. The van der Waals surface area contributed by atoms with Gasteiger partial charge in [-0.25, -0.2) is 13.4 Å². The molecule has 1 N–H and O–H groups in total. The second kappa shape index (κ2) is 11.3. The van der Waals surface area contributed by atoms with E-state index in [1.807, 2.05) is 37.2 Å². The molecule has 0 spiro atoms. The molecule has 2 aromatic carbocycles. The van der Waals surface area contributed by atoms with Crippen molar-refractivity contribution in [1.29, 1.82) is 0 Å². The molecular formula is C26H29Cl2N3O4S. The Bertz CT molecular complexity index is 1360. The number of ether oxygens (including phenoxy) is 2. The molecule has 0 unspecified atom stereocenters. The Morgan fingerprint density at radius 1 is 1.03 bits per heavy atom. The first kappa shape index (κ1) is 26.5. The molecule has 0 aliphatic heterocycles. The molecule has 0 saturated heterocycles. The maximum absolute atomic E-state index is 13.2. The Morgan fingerprint density at radius 3 is 2.61 bits per heavy atom. The highest BCUT2D eigenvalue weighted by Crippen LogP contribution is 2.34. The number of nitrogens with one attached hydrogen (secondary N) is 1. The Hall–Kier alpha value is -2.52. The fourth-order valence-electron chi connectivity index (χ4n) is 3.94. The van der Waals surface area contributed by atoms with Crippen LogP contribution in [0.3, 0.4) is 0 Å². The SMILES string of the molecule is Cc1c(Cl)cccc1S(=O)(=O)Nc1nc2c(cc1OCc1ccc(Cl)c(OCCN(C)C)c1)CCC2. The molecule has 3 aromatic rings. The number of nitrogens with zero attached hydrogens (tertiary/aromatic N) is 2. The Labute approximate surface area is 222 Å². The van der Waals surface area contributed by atoms with Crippen LogP contribution in [-0.2, 0) is 29.5 Å². The molecule has 36 heavy (non-hydrogen) atoms.